The molecular weight excluding hydrogens is 642 g/mol. The first-order valence-electron chi connectivity index (χ1n) is 14.8. The topological polar surface area (TPSA) is 159 Å². The van der Waals surface area contributed by atoms with Crippen LogP contribution in [0.3, 0.4) is 0 Å². The minimum Gasteiger partial charge on any atom is -0.383 e. The second kappa shape index (κ2) is 11.5. The van der Waals surface area contributed by atoms with E-state index >= 15 is 0 Å². The number of aryl methyl sites for hydroxylation is 1. The van der Waals surface area contributed by atoms with Gasteiger partial charge in [0.05, 0.1) is 29.5 Å². The van der Waals surface area contributed by atoms with Gasteiger partial charge in [0.1, 0.15) is 22.9 Å². The van der Waals surface area contributed by atoms with E-state index in [4.69, 9.17) is 22.3 Å². The monoisotopic (exact) mass is 670 g/mol. The van der Waals surface area contributed by atoms with E-state index in [0.717, 1.165) is 22.0 Å². The first kappa shape index (κ1) is 30.8. The summed E-state index contributed by atoms with van der Waals surface area (Å²) in [5, 5.41) is 4.32. The van der Waals surface area contributed by atoms with Crippen LogP contribution in [0.5, 0.6) is 0 Å². The lowest BCUT2D eigenvalue weighted by atomic mass is 9.77. The summed E-state index contributed by atoms with van der Waals surface area (Å²) < 4.78 is 27.9. The maximum Gasteiger partial charge on any atom is 0.325 e. The van der Waals surface area contributed by atoms with Gasteiger partial charge >= 0.3 is 7.60 Å². The van der Waals surface area contributed by atoms with E-state index < -0.39 is 13.0 Å². The number of H-pyrrole nitrogens is 1. The van der Waals surface area contributed by atoms with Crippen LogP contribution in [0.4, 0.5) is 16.0 Å². The average molecular weight is 671 g/mol. The highest BCUT2D eigenvalue weighted by atomic mass is 35.5. The summed E-state index contributed by atoms with van der Waals surface area (Å²) in [6, 6.07) is 21.0. The third-order valence-corrected chi connectivity index (χ3v) is 9.79. The summed E-state index contributed by atoms with van der Waals surface area (Å²) in [4.78, 5) is 44.7. The number of nitrogens with zero attached hydrogens (tertiary/aromatic N) is 3. The summed E-state index contributed by atoms with van der Waals surface area (Å²) in [6.45, 7) is 2.03. The average Bonchev–Trinajstić information content (AvgIpc) is 3.72. The van der Waals surface area contributed by atoms with Gasteiger partial charge in [-0.2, -0.15) is 0 Å². The normalized spacial score (nSPS) is 16.1. The molecule has 1 aliphatic heterocycles. The van der Waals surface area contributed by atoms with E-state index in [0.29, 0.717) is 44.6 Å². The fourth-order valence-corrected chi connectivity index (χ4v) is 6.98. The number of rotatable bonds is 8. The molecule has 6 aromatic rings. The van der Waals surface area contributed by atoms with Crippen LogP contribution < -0.4 is 11.1 Å². The lowest BCUT2D eigenvalue weighted by Gasteiger charge is -2.23. The first-order valence-corrected chi connectivity index (χ1v) is 16.9. The van der Waals surface area contributed by atoms with Gasteiger partial charge in [0.15, 0.2) is 5.82 Å². The number of carbonyl (C=O) groups is 1. The number of hydrogen-bond donors (Lipinski definition) is 5. The summed E-state index contributed by atoms with van der Waals surface area (Å²) >= 11 is 6.38. The molecule has 47 heavy (non-hydrogen) atoms. The number of fused-ring (bicyclic) bond motifs is 2. The Labute approximate surface area is 273 Å². The fourth-order valence-electron chi connectivity index (χ4n) is 6.27. The number of aromatic amines is 1. The molecule has 6 N–H and O–H groups in total. The number of amides is 1. The van der Waals surface area contributed by atoms with Crippen molar-refractivity contribution in [3.63, 3.8) is 0 Å². The molecule has 238 valence electrons. The van der Waals surface area contributed by atoms with Gasteiger partial charge in [-0.15, -0.1) is 0 Å². The Kier molecular flexibility index (Phi) is 7.52. The van der Waals surface area contributed by atoms with E-state index in [9.17, 15) is 23.5 Å². The van der Waals surface area contributed by atoms with Crippen LogP contribution in [0.1, 0.15) is 29.2 Å². The van der Waals surface area contributed by atoms with Crippen molar-refractivity contribution in [2.24, 2.45) is 0 Å². The zero-order valence-corrected chi connectivity index (χ0v) is 26.7. The molecule has 1 atom stereocenters. The van der Waals surface area contributed by atoms with E-state index in [1.165, 1.54) is 6.07 Å². The van der Waals surface area contributed by atoms with Gasteiger partial charge in [0.2, 0.25) is 5.91 Å². The Morgan fingerprint density at radius 3 is 2.55 bits per heavy atom. The number of benzene rings is 3. The number of nitrogens with two attached hydrogens (primary N) is 1. The molecule has 0 spiro atoms. The molecule has 1 aliphatic rings. The van der Waals surface area contributed by atoms with Crippen molar-refractivity contribution < 1.29 is 23.5 Å². The number of anilines is 2. The molecule has 13 heteroatoms. The Morgan fingerprint density at radius 1 is 1.04 bits per heavy atom. The Hall–Kier alpha value is -4.80. The highest BCUT2D eigenvalue weighted by Crippen LogP contribution is 2.46. The van der Waals surface area contributed by atoms with Crippen LogP contribution >= 0.6 is 19.2 Å². The van der Waals surface area contributed by atoms with Gasteiger partial charge in [0.25, 0.3) is 0 Å². The first-order chi connectivity index (χ1) is 22.4. The summed E-state index contributed by atoms with van der Waals surface area (Å²) in [5.41, 5.74) is 10.7. The number of nitrogens with one attached hydrogen (secondary N) is 2. The quantitative estimate of drug-likeness (QED) is 0.116. The van der Waals surface area contributed by atoms with Gasteiger partial charge < -0.3 is 30.4 Å². The van der Waals surface area contributed by atoms with Crippen molar-refractivity contribution >= 4 is 47.6 Å². The van der Waals surface area contributed by atoms with Crippen LogP contribution in [0.15, 0.2) is 85.2 Å². The zero-order chi connectivity index (χ0) is 33.1. The molecular formula is C34H29ClFN6O4P. The van der Waals surface area contributed by atoms with Gasteiger partial charge in [-0.25, -0.2) is 14.4 Å². The van der Waals surface area contributed by atoms with Crippen LogP contribution in [0.25, 0.3) is 33.5 Å². The molecule has 0 radical (unpaired) electrons. The highest BCUT2D eigenvalue weighted by molar-refractivity contribution is 7.51. The molecule has 7 rings (SSSR count). The smallest absolute Gasteiger partial charge is 0.325 e. The van der Waals surface area contributed by atoms with E-state index in [2.05, 4.69) is 15.3 Å². The maximum absolute atomic E-state index is 14.6. The molecule has 4 heterocycles. The van der Waals surface area contributed by atoms with Gasteiger partial charge in [-0.05, 0) is 48.7 Å². The lowest BCUT2D eigenvalue weighted by Crippen LogP contribution is -2.33. The standard InChI is InChI=1S/C34H29ClFN6O4P/c1-34(21-8-6-19(7-9-21)13-15-47(44,45)46)28-30(37)39-31(40-32(28)41-33(34)43)24-12-14-38-29(24)25-18-42(17-20-4-2-3-5-26(20)36)27-16-22(35)10-11-23(25)27/h2-12,14,16,18,38H,13,15,17H2,1H3,(H2,44,45,46)(H3,37,39,40,41,43). The van der Waals surface area contributed by atoms with Crippen molar-refractivity contribution in [3.8, 4) is 22.6 Å². The van der Waals surface area contributed by atoms with E-state index in [1.54, 1.807) is 61.7 Å². The van der Waals surface area contributed by atoms with Crippen molar-refractivity contribution in [3.05, 3.63) is 118 Å². The van der Waals surface area contributed by atoms with Crippen LogP contribution in [-0.4, -0.2) is 41.4 Å². The minimum atomic E-state index is -4.14. The van der Waals surface area contributed by atoms with Gasteiger partial charge in [-0.1, -0.05) is 60.1 Å². The number of hydrogen-bond acceptors (Lipinski definition) is 5. The molecule has 0 saturated heterocycles. The van der Waals surface area contributed by atoms with E-state index in [1.807, 2.05) is 29.0 Å². The molecule has 0 bridgehead atoms. The van der Waals surface area contributed by atoms with Crippen LogP contribution in [0, 0.1) is 5.82 Å². The number of halogens is 2. The molecule has 3 aromatic carbocycles. The SMILES string of the molecule is CC1(c2ccc(CCP(=O)(O)O)cc2)C(=O)Nc2nc(-c3cc[nH]c3-c3cn(Cc4ccccc4F)c4cc(Cl)ccc34)nc(N)c21. The van der Waals surface area contributed by atoms with Crippen LogP contribution in [-0.2, 0) is 27.7 Å². The molecule has 1 amide bonds. The van der Waals surface area contributed by atoms with Crippen LogP contribution in [0.2, 0.25) is 5.02 Å². The summed E-state index contributed by atoms with van der Waals surface area (Å²) in [5.74, 6) is 0.115. The third-order valence-electron chi connectivity index (χ3n) is 8.75. The zero-order valence-electron chi connectivity index (χ0n) is 25.0. The predicted octanol–water partition coefficient (Wildman–Crippen LogP) is 6.49. The molecule has 0 saturated carbocycles. The minimum absolute atomic E-state index is 0.136. The number of aromatic nitrogens is 4. The lowest BCUT2D eigenvalue weighted by molar-refractivity contribution is -0.119. The molecule has 10 nitrogen and oxygen atoms in total. The summed E-state index contributed by atoms with van der Waals surface area (Å²) in [6.07, 6.45) is 3.63. The Balaban J connectivity index is 1.27. The fraction of sp³-hybridized carbons (Fsp3) is 0.147. The molecule has 0 aliphatic carbocycles. The van der Waals surface area contributed by atoms with E-state index in [-0.39, 0.29) is 36.7 Å². The molecule has 3 aromatic heterocycles. The van der Waals surface area contributed by atoms with Crippen molar-refractivity contribution in [2.75, 3.05) is 17.2 Å². The third kappa shape index (κ3) is 5.51. The highest BCUT2D eigenvalue weighted by Gasteiger charge is 2.47. The Morgan fingerprint density at radius 2 is 1.81 bits per heavy atom. The van der Waals surface area contributed by atoms with Gasteiger partial charge in [0, 0.05) is 39.5 Å². The summed E-state index contributed by atoms with van der Waals surface area (Å²) in [7, 11) is -4.14. The molecule has 1 unspecified atom stereocenters. The second-order valence-corrected chi connectivity index (χ2v) is 14.0. The maximum atomic E-state index is 14.6. The molecule has 0 fully saturated rings. The number of carbonyl (C=O) groups excluding carboxylic acids is 1. The van der Waals surface area contributed by atoms with Gasteiger partial charge in [-0.3, -0.25) is 9.36 Å². The predicted molar refractivity (Wildman–Crippen MR) is 180 cm³/mol. The largest absolute Gasteiger partial charge is 0.383 e. The number of nitrogen functional groups attached to an aromatic ring is 1. The van der Waals surface area contributed by atoms with Crippen molar-refractivity contribution in [1.29, 1.82) is 0 Å². The second-order valence-electron chi connectivity index (χ2n) is 11.8. The van der Waals surface area contributed by atoms with Crippen molar-refractivity contribution in [1.82, 2.24) is 19.5 Å². The Bertz CT molecular complexity index is 2250. The van der Waals surface area contributed by atoms with Crippen molar-refractivity contribution in [2.45, 2.75) is 25.3 Å².